The Bertz CT molecular complexity index is 613. The van der Waals surface area contributed by atoms with Crippen molar-refractivity contribution in [1.82, 2.24) is 4.98 Å². The third-order valence-corrected chi connectivity index (χ3v) is 3.61. The van der Waals surface area contributed by atoms with Gasteiger partial charge in [0.1, 0.15) is 22.5 Å². The average Bonchev–Trinajstić information content (AvgIpc) is 2.58. The molecule has 0 fully saturated rings. The zero-order valence-electron chi connectivity index (χ0n) is 9.55. The number of rotatable bonds is 2. The van der Waals surface area contributed by atoms with Crippen LogP contribution in [0.25, 0.3) is 10.6 Å². The molecule has 18 heavy (non-hydrogen) atoms. The van der Waals surface area contributed by atoms with Gasteiger partial charge in [-0.25, -0.2) is 18.2 Å². The summed E-state index contributed by atoms with van der Waals surface area (Å²) >= 11 is 0.892. The van der Waals surface area contributed by atoms with Crippen LogP contribution in [0.4, 0.5) is 13.2 Å². The van der Waals surface area contributed by atoms with Crippen molar-refractivity contribution in [2.45, 2.75) is 13.8 Å². The number of aromatic nitrogens is 1. The fraction of sp³-hybridized carbons (Fsp3) is 0.167. The smallest absolute Gasteiger partial charge is 0.171 e. The molecular weight excluding hydrogens is 263 g/mol. The molecule has 0 radical (unpaired) electrons. The molecule has 0 aliphatic heterocycles. The van der Waals surface area contributed by atoms with Crippen molar-refractivity contribution in [1.29, 1.82) is 0 Å². The van der Waals surface area contributed by atoms with E-state index in [2.05, 4.69) is 4.98 Å². The van der Waals surface area contributed by atoms with Crippen LogP contribution in [0.3, 0.4) is 0 Å². The largest absolute Gasteiger partial charge is 0.294 e. The molecule has 0 aliphatic rings. The second-order valence-electron chi connectivity index (χ2n) is 3.73. The summed E-state index contributed by atoms with van der Waals surface area (Å²) in [5, 5.41) is 0.0349. The van der Waals surface area contributed by atoms with Crippen molar-refractivity contribution < 1.29 is 18.0 Å². The van der Waals surface area contributed by atoms with Crippen LogP contribution < -0.4 is 0 Å². The first kappa shape index (κ1) is 12.8. The van der Waals surface area contributed by atoms with Crippen LogP contribution in [0, 0.1) is 24.4 Å². The van der Waals surface area contributed by atoms with E-state index in [1.165, 1.54) is 6.92 Å². The van der Waals surface area contributed by atoms with Gasteiger partial charge in [0.05, 0.1) is 16.1 Å². The lowest BCUT2D eigenvalue weighted by Gasteiger charge is -2.01. The van der Waals surface area contributed by atoms with Crippen LogP contribution in [-0.4, -0.2) is 10.8 Å². The maximum Gasteiger partial charge on any atom is 0.171 e. The Morgan fingerprint density at radius 1 is 1.22 bits per heavy atom. The van der Waals surface area contributed by atoms with E-state index < -0.39 is 23.0 Å². The molecule has 0 saturated heterocycles. The highest BCUT2D eigenvalue weighted by atomic mass is 32.1. The number of thiazole rings is 1. The zero-order valence-corrected chi connectivity index (χ0v) is 10.4. The van der Waals surface area contributed by atoms with E-state index in [0.717, 1.165) is 11.3 Å². The Morgan fingerprint density at radius 3 is 2.22 bits per heavy atom. The van der Waals surface area contributed by atoms with Crippen LogP contribution >= 0.6 is 11.3 Å². The second kappa shape index (κ2) is 4.53. The Kier molecular flexibility index (Phi) is 3.21. The van der Waals surface area contributed by atoms with E-state index in [1.807, 2.05) is 0 Å². The molecule has 1 aromatic carbocycles. The molecule has 1 aromatic heterocycles. The van der Waals surface area contributed by atoms with Gasteiger partial charge in [0.15, 0.2) is 5.78 Å². The average molecular weight is 271 g/mol. The van der Waals surface area contributed by atoms with E-state index in [-0.39, 0.29) is 10.8 Å². The van der Waals surface area contributed by atoms with E-state index in [9.17, 15) is 18.0 Å². The second-order valence-corrected chi connectivity index (χ2v) is 4.73. The molecule has 6 heteroatoms. The minimum atomic E-state index is -1.03. The Labute approximate surface area is 105 Å². The van der Waals surface area contributed by atoms with Gasteiger partial charge in [-0.15, -0.1) is 11.3 Å². The van der Waals surface area contributed by atoms with Gasteiger partial charge in [-0.05, 0) is 6.92 Å². The summed E-state index contributed by atoms with van der Waals surface area (Å²) in [5.74, 6) is -3.28. The lowest BCUT2D eigenvalue weighted by Crippen LogP contribution is -1.92. The molecule has 0 saturated carbocycles. The highest BCUT2D eigenvalue weighted by molar-refractivity contribution is 7.17. The van der Waals surface area contributed by atoms with Gasteiger partial charge in [-0.2, -0.15) is 0 Å². The molecule has 1 heterocycles. The number of ketones is 1. The van der Waals surface area contributed by atoms with Crippen LogP contribution in [0.2, 0.25) is 0 Å². The lowest BCUT2D eigenvalue weighted by atomic mass is 10.2. The number of aryl methyl sites for hydroxylation is 1. The molecule has 0 aliphatic carbocycles. The van der Waals surface area contributed by atoms with Gasteiger partial charge in [-0.1, -0.05) is 0 Å². The predicted octanol–water partition coefficient (Wildman–Crippen LogP) is 3.74. The number of hydrogen-bond donors (Lipinski definition) is 0. The molecule has 2 aromatic rings. The lowest BCUT2D eigenvalue weighted by molar-refractivity contribution is 0.102. The third-order valence-electron chi connectivity index (χ3n) is 2.34. The highest BCUT2D eigenvalue weighted by Crippen LogP contribution is 2.32. The maximum absolute atomic E-state index is 13.5. The monoisotopic (exact) mass is 271 g/mol. The summed E-state index contributed by atoms with van der Waals surface area (Å²) in [6, 6.07) is 1.17. The fourth-order valence-corrected chi connectivity index (χ4v) is 2.59. The molecule has 2 rings (SSSR count). The number of benzene rings is 1. The van der Waals surface area contributed by atoms with Gasteiger partial charge < -0.3 is 0 Å². The number of carbonyl (C=O) groups excluding carboxylic acids is 1. The van der Waals surface area contributed by atoms with E-state index >= 15 is 0 Å². The van der Waals surface area contributed by atoms with E-state index in [4.69, 9.17) is 0 Å². The third kappa shape index (κ3) is 2.15. The molecule has 0 spiro atoms. The maximum atomic E-state index is 13.5. The standard InChI is InChI=1S/C12H8F3NOS/c1-5-11(6(2)17)18-12(16-5)10-8(14)3-7(13)4-9(10)15/h3-4H,1-2H3. The quantitative estimate of drug-likeness (QED) is 0.779. The van der Waals surface area contributed by atoms with Gasteiger partial charge in [-0.3, -0.25) is 4.79 Å². The fourth-order valence-electron chi connectivity index (χ4n) is 1.58. The van der Waals surface area contributed by atoms with Crippen LogP contribution in [0.1, 0.15) is 22.3 Å². The van der Waals surface area contributed by atoms with Gasteiger partial charge in [0.25, 0.3) is 0 Å². The molecule has 2 nitrogen and oxygen atoms in total. The summed E-state index contributed by atoms with van der Waals surface area (Å²) in [7, 11) is 0. The van der Waals surface area contributed by atoms with Crippen molar-refractivity contribution in [3.8, 4) is 10.6 Å². The van der Waals surface area contributed by atoms with Crippen LogP contribution in [0.15, 0.2) is 12.1 Å². The summed E-state index contributed by atoms with van der Waals surface area (Å²) < 4.78 is 39.9. The number of Topliss-reactive ketones (excluding diaryl/α,β-unsaturated/α-hetero) is 1. The topological polar surface area (TPSA) is 30.0 Å². The minimum Gasteiger partial charge on any atom is -0.294 e. The SMILES string of the molecule is CC(=O)c1sc(-c2c(F)cc(F)cc2F)nc1C. The van der Waals surface area contributed by atoms with E-state index in [1.54, 1.807) is 6.92 Å². The Balaban J connectivity index is 2.63. The predicted molar refractivity (Wildman–Crippen MR) is 62.2 cm³/mol. The van der Waals surface area contributed by atoms with Crippen molar-refractivity contribution in [2.75, 3.05) is 0 Å². The number of hydrogen-bond acceptors (Lipinski definition) is 3. The normalized spacial score (nSPS) is 10.7. The summed E-state index contributed by atoms with van der Waals surface area (Å²) in [4.78, 5) is 15.5. The van der Waals surface area contributed by atoms with Crippen molar-refractivity contribution in [3.05, 3.63) is 40.2 Å². The molecule has 0 bridgehead atoms. The van der Waals surface area contributed by atoms with Gasteiger partial charge in [0.2, 0.25) is 0 Å². The molecule has 0 N–H and O–H groups in total. The zero-order chi connectivity index (χ0) is 13.4. The Hall–Kier alpha value is -1.69. The summed E-state index contributed by atoms with van der Waals surface area (Å²) in [6.07, 6.45) is 0. The van der Waals surface area contributed by atoms with Crippen LogP contribution in [0.5, 0.6) is 0 Å². The van der Waals surface area contributed by atoms with Crippen molar-refractivity contribution in [2.24, 2.45) is 0 Å². The Morgan fingerprint density at radius 2 is 1.78 bits per heavy atom. The van der Waals surface area contributed by atoms with Crippen molar-refractivity contribution in [3.63, 3.8) is 0 Å². The molecule has 0 atom stereocenters. The summed E-state index contributed by atoms with van der Waals surface area (Å²) in [6.45, 7) is 2.93. The summed E-state index contributed by atoms with van der Waals surface area (Å²) in [5.41, 5.74) is 0.00243. The first-order valence-electron chi connectivity index (χ1n) is 5.03. The molecule has 0 unspecified atom stereocenters. The number of carbonyl (C=O) groups is 1. The molecule has 0 amide bonds. The number of nitrogens with zero attached hydrogens (tertiary/aromatic N) is 1. The molecule has 94 valence electrons. The first-order chi connectivity index (χ1) is 8.40. The van der Waals surface area contributed by atoms with Crippen LogP contribution in [-0.2, 0) is 0 Å². The van der Waals surface area contributed by atoms with Gasteiger partial charge in [0, 0.05) is 19.1 Å². The first-order valence-corrected chi connectivity index (χ1v) is 5.85. The molecular formula is C12H8F3NOS. The van der Waals surface area contributed by atoms with E-state index in [0.29, 0.717) is 22.7 Å². The highest BCUT2D eigenvalue weighted by Gasteiger charge is 2.19. The number of halogens is 3. The van der Waals surface area contributed by atoms with Gasteiger partial charge >= 0.3 is 0 Å². The minimum absolute atomic E-state index is 0.0349. The van der Waals surface area contributed by atoms with Crippen molar-refractivity contribution >= 4 is 17.1 Å².